The minimum absolute atomic E-state index is 0.0163. The van der Waals surface area contributed by atoms with Gasteiger partial charge in [-0.15, -0.1) is 0 Å². The number of carbonyl (C=O) groups excluding carboxylic acids is 1. The minimum Gasteiger partial charge on any atom is -0.384 e. The van der Waals surface area contributed by atoms with Crippen LogP contribution in [-0.4, -0.2) is 26.4 Å². The molecule has 3 aromatic rings. The number of hydrogen-bond donors (Lipinski definition) is 3. The molecule has 1 fully saturated rings. The normalized spacial score (nSPS) is 19.6. The number of pyridine rings is 3. The van der Waals surface area contributed by atoms with Gasteiger partial charge in [0.05, 0.1) is 16.3 Å². The van der Waals surface area contributed by atoms with E-state index in [4.69, 9.17) is 5.73 Å². The molecule has 150 valence electrons. The highest BCUT2D eigenvalue weighted by atomic mass is 19.3. The fraction of sp³-hybridized carbons (Fsp3) is 0.368. The Morgan fingerprint density at radius 3 is 2.55 bits per heavy atom. The summed E-state index contributed by atoms with van der Waals surface area (Å²) in [7, 11) is 0. The number of fused-ring (bicyclic) bond motifs is 4. The molecule has 10 heteroatoms. The number of aromatic amines is 1. The van der Waals surface area contributed by atoms with Crippen molar-refractivity contribution in [3.8, 4) is 0 Å². The number of halogens is 2. The van der Waals surface area contributed by atoms with E-state index in [1.165, 1.54) is 16.8 Å². The smallest absolute Gasteiger partial charge is 0.277 e. The monoisotopic (exact) mass is 401 g/mol. The molecule has 1 spiro atoms. The second kappa shape index (κ2) is 5.40. The molecule has 5 rings (SSSR count). The number of nitrogen functional groups attached to an aromatic ring is 1. The molecular weight excluding hydrogens is 384 g/mol. The molecule has 0 aromatic carbocycles. The molecule has 0 saturated heterocycles. The summed E-state index contributed by atoms with van der Waals surface area (Å²) >= 11 is 0. The number of aromatic nitrogens is 3. The average Bonchev–Trinajstić information content (AvgIpc) is 2.95. The number of hydrogen-bond acceptors (Lipinski definition) is 5. The van der Waals surface area contributed by atoms with Crippen LogP contribution < -0.4 is 22.0 Å². The molecule has 0 bridgehead atoms. The highest BCUT2D eigenvalue weighted by molar-refractivity contribution is 6.03. The first-order valence-corrected chi connectivity index (χ1v) is 9.21. The Bertz CT molecular complexity index is 1350. The molecule has 8 nitrogen and oxygen atoms in total. The van der Waals surface area contributed by atoms with E-state index in [-0.39, 0.29) is 40.6 Å². The van der Waals surface area contributed by atoms with E-state index in [1.807, 2.05) is 0 Å². The van der Waals surface area contributed by atoms with Crippen LogP contribution in [0.1, 0.15) is 41.7 Å². The molecular formula is C19H17F2N5O3. The van der Waals surface area contributed by atoms with Crippen molar-refractivity contribution < 1.29 is 13.6 Å². The van der Waals surface area contributed by atoms with Gasteiger partial charge in [0.15, 0.2) is 5.43 Å². The average molecular weight is 401 g/mol. The van der Waals surface area contributed by atoms with Crippen LogP contribution in [0.3, 0.4) is 0 Å². The summed E-state index contributed by atoms with van der Waals surface area (Å²) < 4.78 is 28.8. The Labute approximate surface area is 161 Å². The maximum absolute atomic E-state index is 13.7. The SMILES string of the molecule is Cc1c2n(c(=O)c3[nH]c4cc(N)ncc4c(=O)c13)C1(CCC(F)(F)CC1)NC2=O. The molecule has 0 unspecified atom stereocenters. The third-order valence-corrected chi connectivity index (χ3v) is 6.08. The number of nitrogens with two attached hydrogens (primary N) is 1. The third kappa shape index (κ3) is 2.28. The lowest BCUT2D eigenvalue weighted by Gasteiger charge is -2.38. The number of anilines is 1. The minimum atomic E-state index is -2.83. The van der Waals surface area contributed by atoms with E-state index >= 15 is 0 Å². The second-order valence-electron chi connectivity index (χ2n) is 7.81. The van der Waals surface area contributed by atoms with Crippen LogP contribution in [0.2, 0.25) is 0 Å². The van der Waals surface area contributed by atoms with E-state index in [0.717, 1.165) is 0 Å². The predicted molar refractivity (Wildman–Crippen MR) is 102 cm³/mol. The number of carbonyl (C=O) groups is 1. The zero-order valence-electron chi connectivity index (χ0n) is 15.4. The first-order valence-electron chi connectivity index (χ1n) is 9.21. The Hall–Kier alpha value is -3.30. The number of rotatable bonds is 0. The second-order valence-corrected chi connectivity index (χ2v) is 7.81. The number of amides is 1. The molecule has 1 saturated carbocycles. The summed E-state index contributed by atoms with van der Waals surface area (Å²) in [5.41, 5.74) is 4.16. The van der Waals surface area contributed by atoms with Gasteiger partial charge in [-0.1, -0.05) is 0 Å². The molecule has 1 aliphatic carbocycles. The molecule has 3 aromatic heterocycles. The molecule has 29 heavy (non-hydrogen) atoms. The van der Waals surface area contributed by atoms with Gasteiger partial charge in [-0.05, 0) is 25.3 Å². The largest absolute Gasteiger partial charge is 0.384 e. The Kier molecular flexibility index (Phi) is 3.31. The maximum Gasteiger partial charge on any atom is 0.277 e. The quantitative estimate of drug-likeness (QED) is 0.495. The standard InChI is InChI=1S/C19H17F2N5O3/c1-8-12-13(24-10-6-11(22)23-7-9(10)15(12)27)17(29)26-14(8)16(28)25-19(26)4-2-18(20,21)3-5-19/h6-7H,2-5H2,1H3,(H2,22,23)(H,24,27)(H,25,28). The van der Waals surface area contributed by atoms with Crippen molar-refractivity contribution in [3.63, 3.8) is 0 Å². The summed E-state index contributed by atoms with van der Waals surface area (Å²) in [5, 5.41) is 3.07. The third-order valence-electron chi connectivity index (χ3n) is 6.08. The Balaban J connectivity index is 1.88. The molecule has 1 aliphatic heterocycles. The zero-order chi connectivity index (χ0) is 20.7. The molecule has 0 atom stereocenters. The molecule has 1 amide bonds. The molecule has 0 radical (unpaired) electrons. The maximum atomic E-state index is 13.7. The van der Waals surface area contributed by atoms with Crippen LogP contribution >= 0.6 is 0 Å². The van der Waals surface area contributed by atoms with Crippen LogP contribution in [-0.2, 0) is 5.66 Å². The van der Waals surface area contributed by atoms with Crippen molar-refractivity contribution in [2.45, 2.75) is 44.2 Å². The lowest BCUT2D eigenvalue weighted by molar-refractivity contribution is -0.0667. The number of alkyl halides is 2. The summed E-state index contributed by atoms with van der Waals surface area (Å²) in [6, 6.07) is 1.45. The van der Waals surface area contributed by atoms with Gasteiger partial charge in [0.25, 0.3) is 11.5 Å². The highest BCUT2D eigenvalue weighted by Crippen LogP contribution is 2.43. The Morgan fingerprint density at radius 1 is 1.17 bits per heavy atom. The molecule has 4 heterocycles. The predicted octanol–water partition coefficient (Wildman–Crippen LogP) is 1.73. The lowest BCUT2D eigenvalue weighted by Crippen LogP contribution is -2.51. The topological polar surface area (TPSA) is 123 Å². The van der Waals surface area contributed by atoms with Crippen molar-refractivity contribution >= 4 is 33.5 Å². The van der Waals surface area contributed by atoms with Crippen LogP contribution in [0.5, 0.6) is 0 Å². The number of aryl methyl sites for hydroxylation is 1. The highest BCUT2D eigenvalue weighted by Gasteiger charge is 2.51. The van der Waals surface area contributed by atoms with Gasteiger partial charge < -0.3 is 16.0 Å². The molecule has 2 aliphatic rings. The van der Waals surface area contributed by atoms with Gasteiger partial charge in [-0.3, -0.25) is 19.0 Å². The van der Waals surface area contributed by atoms with Crippen molar-refractivity contribution in [1.82, 2.24) is 19.9 Å². The van der Waals surface area contributed by atoms with Crippen molar-refractivity contribution in [2.75, 3.05) is 5.73 Å². The fourth-order valence-corrected chi connectivity index (χ4v) is 4.60. The van der Waals surface area contributed by atoms with E-state index in [0.29, 0.717) is 11.1 Å². The van der Waals surface area contributed by atoms with Gasteiger partial charge in [-0.25, -0.2) is 13.8 Å². The van der Waals surface area contributed by atoms with E-state index in [2.05, 4.69) is 15.3 Å². The van der Waals surface area contributed by atoms with Gasteiger partial charge in [-0.2, -0.15) is 0 Å². The number of nitrogens with one attached hydrogen (secondary N) is 2. The fourth-order valence-electron chi connectivity index (χ4n) is 4.60. The Morgan fingerprint density at radius 2 is 1.86 bits per heavy atom. The van der Waals surface area contributed by atoms with Crippen LogP contribution in [0.25, 0.3) is 21.8 Å². The van der Waals surface area contributed by atoms with Crippen LogP contribution in [0, 0.1) is 6.92 Å². The van der Waals surface area contributed by atoms with Gasteiger partial charge in [0.2, 0.25) is 5.92 Å². The lowest BCUT2D eigenvalue weighted by atomic mass is 9.86. The van der Waals surface area contributed by atoms with Gasteiger partial charge in [0, 0.05) is 25.1 Å². The van der Waals surface area contributed by atoms with Crippen molar-refractivity contribution in [3.05, 3.63) is 44.1 Å². The van der Waals surface area contributed by atoms with Gasteiger partial charge in [0.1, 0.15) is 22.7 Å². The van der Waals surface area contributed by atoms with Crippen molar-refractivity contribution in [2.24, 2.45) is 0 Å². The van der Waals surface area contributed by atoms with Crippen molar-refractivity contribution in [1.29, 1.82) is 0 Å². The van der Waals surface area contributed by atoms with E-state index in [9.17, 15) is 23.2 Å². The van der Waals surface area contributed by atoms with Gasteiger partial charge >= 0.3 is 0 Å². The number of nitrogens with zero attached hydrogens (tertiary/aromatic N) is 2. The van der Waals surface area contributed by atoms with Crippen LogP contribution in [0.15, 0.2) is 21.9 Å². The summed E-state index contributed by atoms with van der Waals surface area (Å²) in [6.45, 7) is 1.58. The first kappa shape index (κ1) is 17.8. The summed E-state index contributed by atoms with van der Waals surface area (Å²) in [4.78, 5) is 46.1. The number of H-pyrrole nitrogens is 1. The first-order chi connectivity index (χ1) is 13.6. The van der Waals surface area contributed by atoms with E-state index in [1.54, 1.807) is 6.92 Å². The summed E-state index contributed by atoms with van der Waals surface area (Å²) in [6.07, 6.45) is 0.300. The zero-order valence-corrected chi connectivity index (χ0v) is 15.4. The van der Waals surface area contributed by atoms with Crippen LogP contribution in [0.4, 0.5) is 14.6 Å². The molecule has 4 N–H and O–H groups in total. The van der Waals surface area contributed by atoms with E-state index < -0.39 is 41.3 Å². The summed E-state index contributed by atoms with van der Waals surface area (Å²) in [5.74, 6) is -3.20.